The molecule has 3 rings (SSSR count). The van der Waals surface area contributed by atoms with E-state index in [0.717, 1.165) is 43.0 Å². The SMILES string of the molecule is Cc1ccccc1N1CCN(CC(=O)N(C)CC(=O)Nc2c(C)cccc2C)CC1. The lowest BCUT2D eigenvalue weighted by Gasteiger charge is -2.37. The fraction of sp³-hybridized carbons (Fsp3) is 0.417. The molecule has 2 aromatic carbocycles. The Hall–Kier alpha value is -2.86. The van der Waals surface area contributed by atoms with Gasteiger partial charge in [-0.05, 0) is 43.5 Å². The zero-order valence-electron chi connectivity index (χ0n) is 18.4. The average Bonchev–Trinajstić information content (AvgIpc) is 2.72. The zero-order chi connectivity index (χ0) is 21.7. The van der Waals surface area contributed by atoms with Crippen molar-refractivity contribution in [2.24, 2.45) is 0 Å². The van der Waals surface area contributed by atoms with Gasteiger partial charge in [0.15, 0.2) is 0 Å². The van der Waals surface area contributed by atoms with Crippen molar-refractivity contribution in [3.8, 4) is 0 Å². The van der Waals surface area contributed by atoms with Crippen LogP contribution in [0.2, 0.25) is 0 Å². The molecule has 1 saturated heterocycles. The number of hydrogen-bond acceptors (Lipinski definition) is 4. The second-order valence-electron chi connectivity index (χ2n) is 8.11. The number of hydrogen-bond donors (Lipinski definition) is 1. The summed E-state index contributed by atoms with van der Waals surface area (Å²) in [7, 11) is 1.69. The highest BCUT2D eigenvalue weighted by molar-refractivity contribution is 5.95. The van der Waals surface area contributed by atoms with E-state index in [9.17, 15) is 9.59 Å². The van der Waals surface area contributed by atoms with Crippen LogP contribution in [0.5, 0.6) is 0 Å². The lowest BCUT2D eigenvalue weighted by molar-refractivity contribution is -0.134. The monoisotopic (exact) mass is 408 g/mol. The molecule has 2 amide bonds. The van der Waals surface area contributed by atoms with Crippen LogP contribution in [0.3, 0.4) is 0 Å². The minimum atomic E-state index is -0.173. The molecule has 0 saturated carbocycles. The second-order valence-corrected chi connectivity index (χ2v) is 8.11. The third-order valence-corrected chi connectivity index (χ3v) is 5.74. The van der Waals surface area contributed by atoms with E-state index in [1.54, 1.807) is 7.05 Å². The number of nitrogens with zero attached hydrogens (tertiary/aromatic N) is 3. The molecule has 30 heavy (non-hydrogen) atoms. The number of benzene rings is 2. The number of likely N-dealkylation sites (N-methyl/N-ethyl adjacent to an activating group) is 1. The van der Waals surface area contributed by atoms with Gasteiger partial charge < -0.3 is 15.1 Å². The van der Waals surface area contributed by atoms with Crippen molar-refractivity contribution in [1.29, 1.82) is 0 Å². The standard InChI is InChI=1S/C24H32N4O2/c1-18-8-5-6-11-21(18)28-14-12-27(13-15-28)17-23(30)26(4)16-22(29)25-24-19(2)9-7-10-20(24)3/h5-11H,12-17H2,1-4H3,(H,25,29). The van der Waals surface area contributed by atoms with Crippen molar-refractivity contribution in [1.82, 2.24) is 9.80 Å². The van der Waals surface area contributed by atoms with Crippen molar-refractivity contribution >= 4 is 23.2 Å². The van der Waals surface area contributed by atoms with Gasteiger partial charge in [-0.15, -0.1) is 0 Å². The van der Waals surface area contributed by atoms with Crippen LogP contribution < -0.4 is 10.2 Å². The first-order chi connectivity index (χ1) is 14.3. The van der Waals surface area contributed by atoms with Crippen LogP contribution in [0.4, 0.5) is 11.4 Å². The fourth-order valence-electron chi connectivity index (χ4n) is 3.87. The summed E-state index contributed by atoms with van der Waals surface area (Å²) >= 11 is 0. The van der Waals surface area contributed by atoms with Crippen LogP contribution >= 0.6 is 0 Å². The van der Waals surface area contributed by atoms with Gasteiger partial charge in [0.25, 0.3) is 0 Å². The highest BCUT2D eigenvalue weighted by Gasteiger charge is 2.22. The summed E-state index contributed by atoms with van der Waals surface area (Å²) in [6, 6.07) is 14.3. The molecule has 1 aliphatic heterocycles. The predicted molar refractivity (Wildman–Crippen MR) is 122 cm³/mol. The third-order valence-electron chi connectivity index (χ3n) is 5.74. The number of nitrogens with one attached hydrogen (secondary N) is 1. The smallest absolute Gasteiger partial charge is 0.243 e. The molecule has 0 radical (unpaired) electrons. The van der Waals surface area contributed by atoms with Crippen molar-refractivity contribution in [2.45, 2.75) is 20.8 Å². The molecule has 0 aromatic heterocycles. The summed E-state index contributed by atoms with van der Waals surface area (Å²) in [5.41, 5.74) is 5.41. The maximum absolute atomic E-state index is 12.6. The van der Waals surface area contributed by atoms with Gasteiger partial charge >= 0.3 is 0 Å². The number of amides is 2. The first-order valence-corrected chi connectivity index (χ1v) is 10.5. The van der Waals surface area contributed by atoms with Crippen LogP contribution in [0.15, 0.2) is 42.5 Å². The topological polar surface area (TPSA) is 55.9 Å². The number of piperazine rings is 1. The minimum absolute atomic E-state index is 0.0315. The molecule has 0 aliphatic carbocycles. The molecule has 0 spiro atoms. The quantitative estimate of drug-likeness (QED) is 0.799. The summed E-state index contributed by atoms with van der Waals surface area (Å²) < 4.78 is 0. The number of para-hydroxylation sites is 2. The number of carbonyl (C=O) groups is 2. The van der Waals surface area contributed by atoms with E-state index in [1.807, 2.05) is 32.0 Å². The lowest BCUT2D eigenvalue weighted by atomic mass is 10.1. The molecule has 1 fully saturated rings. The number of rotatable bonds is 6. The molecule has 1 N–H and O–H groups in total. The molecule has 2 aromatic rings. The first-order valence-electron chi connectivity index (χ1n) is 10.5. The molecule has 1 heterocycles. The van der Waals surface area contributed by atoms with Gasteiger partial charge in [0, 0.05) is 44.6 Å². The Bertz CT molecular complexity index is 884. The van der Waals surface area contributed by atoms with Gasteiger partial charge in [-0.2, -0.15) is 0 Å². The number of carbonyl (C=O) groups excluding carboxylic acids is 2. The zero-order valence-corrected chi connectivity index (χ0v) is 18.4. The van der Waals surface area contributed by atoms with Gasteiger partial charge in [0.05, 0.1) is 13.1 Å². The van der Waals surface area contributed by atoms with Crippen LogP contribution in [-0.2, 0) is 9.59 Å². The molecule has 160 valence electrons. The van der Waals surface area contributed by atoms with E-state index in [1.165, 1.54) is 16.2 Å². The second kappa shape index (κ2) is 9.76. The summed E-state index contributed by atoms with van der Waals surface area (Å²) in [5.74, 6) is -0.205. The Morgan fingerprint density at radius 3 is 2.13 bits per heavy atom. The third kappa shape index (κ3) is 5.39. The summed E-state index contributed by atoms with van der Waals surface area (Å²) in [6.45, 7) is 9.92. The van der Waals surface area contributed by atoms with E-state index < -0.39 is 0 Å². The number of anilines is 2. The summed E-state index contributed by atoms with van der Waals surface area (Å²) in [4.78, 5) is 31.1. The van der Waals surface area contributed by atoms with Crippen molar-refractivity contribution < 1.29 is 9.59 Å². The van der Waals surface area contributed by atoms with Gasteiger partial charge in [-0.1, -0.05) is 36.4 Å². The fourth-order valence-corrected chi connectivity index (χ4v) is 3.87. The van der Waals surface area contributed by atoms with Gasteiger partial charge in [0.1, 0.15) is 0 Å². The molecule has 6 heteroatoms. The summed E-state index contributed by atoms with van der Waals surface area (Å²) in [6.07, 6.45) is 0. The molecule has 0 bridgehead atoms. The number of aryl methyl sites for hydroxylation is 3. The van der Waals surface area contributed by atoms with E-state index in [0.29, 0.717) is 6.54 Å². The lowest BCUT2D eigenvalue weighted by Crippen LogP contribution is -2.50. The van der Waals surface area contributed by atoms with E-state index in [2.05, 4.69) is 46.3 Å². The first kappa shape index (κ1) is 21.8. The van der Waals surface area contributed by atoms with Crippen molar-refractivity contribution in [3.05, 3.63) is 59.2 Å². The van der Waals surface area contributed by atoms with E-state index in [4.69, 9.17) is 0 Å². The maximum Gasteiger partial charge on any atom is 0.243 e. The predicted octanol–water partition coefficient (Wildman–Crippen LogP) is 2.83. The van der Waals surface area contributed by atoms with E-state index >= 15 is 0 Å². The van der Waals surface area contributed by atoms with Crippen molar-refractivity contribution in [3.63, 3.8) is 0 Å². The van der Waals surface area contributed by atoms with Crippen LogP contribution in [0.25, 0.3) is 0 Å². The Morgan fingerprint density at radius 2 is 1.50 bits per heavy atom. The largest absolute Gasteiger partial charge is 0.369 e. The molecule has 6 nitrogen and oxygen atoms in total. The Balaban J connectivity index is 1.47. The highest BCUT2D eigenvalue weighted by Crippen LogP contribution is 2.21. The van der Waals surface area contributed by atoms with Crippen molar-refractivity contribution in [2.75, 3.05) is 56.5 Å². The molecule has 1 aliphatic rings. The Kier molecular flexibility index (Phi) is 7.11. The molecular formula is C24H32N4O2. The van der Waals surface area contributed by atoms with Gasteiger partial charge in [0.2, 0.25) is 11.8 Å². The average molecular weight is 409 g/mol. The van der Waals surface area contributed by atoms with Crippen LogP contribution in [0, 0.1) is 20.8 Å². The summed E-state index contributed by atoms with van der Waals surface area (Å²) in [5, 5.41) is 2.94. The molecular weight excluding hydrogens is 376 g/mol. The Morgan fingerprint density at radius 1 is 0.900 bits per heavy atom. The van der Waals surface area contributed by atoms with Crippen LogP contribution in [0.1, 0.15) is 16.7 Å². The normalized spacial score (nSPS) is 14.5. The van der Waals surface area contributed by atoms with Crippen LogP contribution in [-0.4, -0.2) is 67.9 Å². The Labute approximate surface area is 179 Å². The molecule has 0 atom stereocenters. The molecule has 0 unspecified atom stereocenters. The van der Waals surface area contributed by atoms with E-state index in [-0.39, 0.29) is 18.4 Å². The highest BCUT2D eigenvalue weighted by atomic mass is 16.2. The van der Waals surface area contributed by atoms with Gasteiger partial charge in [-0.3, -0.25) is 14.5 Å². The van der Waals surface area contributed by atoms with Gasteiger partial charge in [-0.25, -0.2) is 0 Å². The maximum atomic E-state index is 12.6. The minimum Gasteiger partial charge on any atom is -0.369 e.